The fourth-order valence-electron chi connectivity index (χ4n) is 8.21. The lowest BCUT2D eigenvalue weighted by Gasteiger charge is -2.12. The molecular weight excluding hydrogens is 687 g/mol. The van der Waals surface area contributed by atoms with Crippen molar-refractivity contribution in [2.24, 2.45) is 0 Å². The normalized spacial score (nSPS) is 13.2. The Balaban J connectivity index is 1.04. The van der Waals surface area contributed by atoms with Crippen LogP contribution in [0.2, 0.25) is 0 Å². The third-order valence-corrected chi connectivity index (χ3v) is 10.8. The van der Waals surface area contributed by atoms with Gasteiger partial charge in [-0.2, -0.15) is 0 Å². The first-order valence-corrected chi connectivity index (χ1v) is 18.3. The van der Waals surface area contributed by atoms with Crippen molar-refractivity contribution in [3.8, 4) is 45.3 Å². The quantitative estimate of drug-likeness (QED) is 0.169. The smallest absolute Gasteiger partial charge is 0.164 e. The summed E-state index contributed by atoms with van der Waals surface area (Å²) in [6, 6.07) is 46.8. The van der Waals surface area contributed by atoms with E-state index in [-0.39, 0.29) is 23.0 Å². The van der Waals surface area contributed by atoms with Crippen molar-refractivity contribution in [1.82, 2.24) is 15.0 Å². The second kappa shape index (κ2) is 11.9. The van der Waals surface area contributed by atoms with Gasteiger partial charge in [0.05, 0.1) is 6.85 Å². The van der Waals surface area contributed by atoms with E-state index in [0.717, 1.165) is 43.8 Å². The average molecular weight is 721 g/mol. The molecule has 0 atom stereocenters. The zero-order valence-electron chi connectivity index (χ0n) is 34.5. The number of benzene rings is 9. The Bertz CT molecular complexity index is 3790. The van der Waals surface area contributed by atoms with Crippen molar-refractivity contribution in [2.75, 3.05) is 0 Å². The van der Waals surface area contributed by atoms with Gasteiger partial charge in [0.2, 0.25) is 0 Å². The highest BCUT2D eigenvalue weighted by atomic mass is 16.3. The lowest BCUT2D eigenvalue weighted by molar-refractivity contribution is 0.669. The molecule has 56 heavy (non-hydrogen) atoms. The first kappa shape index (κ1) is 26.2. The van der Waals surface area contributed by atoms with Crippen LogP contribution in [0.1, 0.15) is 6.85 Å². The van der Waals surface area contributed by atoms with Crippen molar-refractivity contribution in [3.63, 3.8) is 0 Å². The predicted molar refractivity (Wildman–Crippen MR) is 229 cm³/mol. The predicted octanol–water partition coefficient (Wildman–Crippen LogP) is 13.8. The van der Waals surface area contributed by atoms with Crippen molar-refractivity contribution >= 4 is 76.2 Å². The molecule has 0 unspecified atom stereocenters. The summed E-state index contributed by atoms with van der Waals surface area (Å²) in [5, 5.41) is 10.9. The number of hydrogen-bond donors (Lipinski definition) is 0. The highest BCUT2D eigenvalue weighted by Gasteiger charge is 2.18. The third-order valence-electron chi connectivity index (χ3n) is 10.8. The molecular formula is C51H29N3O2. The van der Waals surface area contributed by atoms with Crippen LogP contribution in [0, 0.1) is 0 Å². The van der Waals surface area contributed by atoms with Gasteiger partial charge in [-0.1, -0.05) is 133 Å². The van der Waals surface area contributed by atoms with Crippen LogP contribution in [-0.2, 0) is 0 Å². The van der Waals surface area contributed by atoms with E-state index in [0.29, 0.717) is 22.3 Å². The summed E-state index contributed by atoms with van der Waals surface area (Å²) in [5.41, 5.74) is 5.93. The lowest BCUT2D eigenvalue weighted by Crippen LogP contribution is -2.00. The molecule has 0 saturated heterocycles. The standard InChI is InChI=1S/C51H29N3O2/c1-2-11-30(12-3-1)49-52-50(54-51(53-49)33-22-25-41-40-17-8-9-20-45(40)55-47(41)29-33)32-23-26-46-44(28-32)42-19-10-18-34(48(42)56-46)31-21-24-39-37-15-5-4-13-35(37)36-14-6-7-16-38(36)43(39)27-31/h1-29H/i1D,2D,3D,11D,12D. The molecule has 0 bridgehead atoms. The van der Waals surface area contributed by atoms with Crippen LogP contribution in [0.15, 0.2) is 185 Å². The minimum atomic E-state index is -0.495. The molecule has 0 radical (unpaired) electrons. The fraction of sp³-hybridized carbons (Fsp3) is 0. The maximum Gasteiger partial charge on any atom is 0.164 e. The van der Waals surface area contributed by atoms with Gasteiger partial charge in [0.25, 0.3) is 0 Å². The van der Waals surface area contributed by atoms with Gasteiger partial charge < -0.3 is 8.83 Å². The largest absolute Gasteiger partial charge is 0.456 e. The SMILES string of the molecule is [2H]c1c([2H])c([2H])c(-c2nc(-c3ccc4c(c3)oc3ccccc34)nc(-c3ccc4oc5c(-c6ccc7c8ccccc8c8ccccc8c7c6)cccc5c4c3)n2)c([2H])c1[2H]. The number of aromatic nitrogens is 3. The molecule has 0 fully saturated rings. The van der Waals surface area contributed by atoms with Gasteiger partial charge >= 0.3 is 0 Å². The van der Waals surface area contributed by atoms with Crippen LogP contribution in [-0.4, -0.2) is 15.0 Å². The van der Waals surface area contributed by atoms with Crippen LogP contribution in [0.25, 0.3) is 121 Å². The van der Waals surface area contributed by atoms with E-state index in [1.807, 2.05) is 72.8 Å². The second-order valence-corrected chi connectivity index (χ2v) is 14.0. The summed E-state index contributed by atoms with van der Waals surface area (Å²) in [7, 11) is 0. The van der Waals surface area contributed by atoms with Crippen LogP contribution in [0.5, 0.6) is 0 Å². The van der Waals surface area contributed by atoms with Crippen molar-refractivity contribution in [1.29, 1.82) is 0 Å². The van der Waals surface area contributed by atoms with Gasteiger partial charge in [0, 0.05) is 43.8 Å². The lowest BCUT2D eigenvalue weighted by atomic mass is 9.92. The second-order valence-electron chi connectivity index (χ2n) is 14.0. The molecule has 0 aliphatic heterocycles. The molecule has 5 heteroatoms. The summed E-state index contributed by atoms with van der Waals surface area (Å²) >= 11 is 0. The monoisotopic (exact) mass is 720 g/mol. The molecule has 3 heterocycles. The first-order valence-electron chi connectivity index (χ1n) is 20.8. The number of rotatable bonds is 4. The summed E-state index contributed by atoms with van der Waals surface area (Å²) in [6.07, 6.45) is 0. The highest BCUT2D eigenvalue weighted by Crippen LogP contribution is 2.41. The Morgan fingerprint density at radius 1 is 0.339 bits per heavy atom. The molecule has 0 aliphatic carbocycles. The zero-order chi connectivity index (χ0) is 41.1. The summed E-state index contributed by atoms with van der Waals surface area (Å²) in [5.74, 6) is 0.473. The van der Waals surface area contributed by atoms with E-state index < -0.39 is 30.2 Å². The van der Waals surface area contributed by atoms with Crippen LogP contribution in [0.3, 0.4) is 0 Å². The minimum Gasteiger partial charge on any atom is -0.456 e. The molecule has 9 aromatic carbocycles. The van der Waals surface area contributed by atoms with E-state index in [1.54, 1.807) is 0 Å². The van der Waals surface area contributed by atoms with Gasteiger partial charge in [-0.25, -0.2) is 15.0 Å². The van der Waals surface area contributed by atoms with Gasteiger partial charge in [-0.05, 0) is 80.3 Å². The Kier molecular flexibility index (Phi) is 5.58. The molecule has 12 aromatic rings. The van der Waals surface area contributed by atoms with Crippen molar-refractivity contribution < 1.29 is 15.7 Å². The fourth-order valence-corrected chi connectivity index (χ4v) is 8.21. The van der Waals surface area contributed by atoms with Crippen molar-refractivity contribution in [3.05, 3.63) is 176 Å². The molecule has 0 saturated carbocycles. The Hall–Kier alpha value is -7.63. The number of fused-ring (bicyclic) bond motifs is 12. The summed E-state index contributed by atoms with van der Waals surface area (Å²) < 4.78 is 55.4. The van der Waals surface area contributed by atoms with E-state index in [2.05, 4.69) is 72.8 Å². The van der Waals surface area contributed by atoms with Gasteiger partial charge in [-0.3, -0.25) is 0 Å². The topological polar surface area (TPSA) is 65.0 Å². The van der Waals surface area contributed by atoms with Crippen LogP contribution >= 0.6 is 0 Å². The molecule has 0 amide bonds. The molecule has 0 aliphatic rings. The van der Waals surface area contributed by atoms with Gasteiger partial charge in [0.1, 0.15) is 22.3 Å². The first-order chi connectivity index (χ1) is 29.8. The summed E-state index contributed by atoms with van der Waals surface area (Å²) in [4.78, 5) is 14.5. The van der Waals surface area contributed by atoms with E-state index in [9.17, 15) is 0 Å². The Labute approximate surface area is 327 Å². The Morgan fingerprint density at radius 2 is 0.857 bits per heavy atom. The molecule has 0 N–H and O–H groups in total. The number of para-hydroxylation sites is 2. The maximum absolute atomic E-state index is 8.78. The molecule has 260 valence electrons. The maximum atomic E-state index is 8.78. The molecule has 12 rings (SSSR count). The average Bonchev–Trinajstić information content (AvgIpc) is 3.88. The van der Waals surface area contributed by atoms with E-state index >= 15 is 0 Å². The molecule has 5 nitrogen and oxygen atoms in total. The molecule has 3 aromatic heterocycles. The summed E-state index contributed by atoms with van der Waals surface area (Å²) in [6.45, 7) is 0. The van der Waals surface area contributed by atoms with Gasteiger partial charge in [-0.15, -0.1) is 0 Å². The minimum absolute atomic E-state index is 0.0438. The van der Waals surface area contributed by atoms with Gasteiger partial charge in [0.15, 0.2) is 17.5 Å². The highest BCUT2D eigenvalue weighted by molar-refractivity contribution is 6.26. The number of furan rings is 2. The third kappa shape index (κ3) is 4.71. The van der Waals surface area contributed by atoms with E-state index in [1.165, 1.54) is 32.3 Å². The Morgan fingerprint density at radius 3 is 1.61 bits per heavy atom. The zero-order valence-corrected chi connectivity index (χ0v) is 29.5. The van der Waals surface area contributed by atoms with Crippen LogP contribution in [0.4, 0.5) is 0 Å². The number of nitrogens with zero attached hydrogens (tertiary/aromatic N) is 3. The van der Waals surface area contributed by atoms with E-state index in [4.69, 9.17) is 30.6 Å². The van der Waals surface area contributed by atoms with Crippen molar-refractivity contribution in [2.45, 2.75) is 0 Å². The molecule has 0 spiro atoms. The van der Waals surface area contributed by atoms with Crippen LogP contribution < -0.4 is 0 Å². The number of hydrogen-bond acceptors (Lipinski definition) is 5.